The van der Waals surface area contributed by atoms with Crippen LogP contribution in [0.15, 0.2) is 29.3 Å². The molecule has 0 fully saturated rings. The summed E-state index contributed by atoms with van der Waals surface area (Å²) in [6.07, 6.45) is 0. The third kappa shape index (κ3) is 4.91. The molecule has 3 N–H and O–H groups in total. The Kier molecular flexibility index (Phi) is 7.20. The number of hydrogen-bond donors (Lipinski definition) is 2. The molecule has 2 aromatic rings. The third-order valence-corrected chi connectivity index (χ3v) is 5.35. The Labute approximate surface area is 175 Å². The van der Waals surface area contributed by atoms with Gasteiger partial charge in [0, 0.05) is 7.05 Å². The number of hydrogen-bond acceptors (Lipinski definition) is 2. The molecule has 4 nitrogen and oxygen atoms in total. The molecule has 2 rings (SSSR count). The molecular weight excluding hydrogens is 449 g/mol. The molecule has 0 heterocycles. The average Bonchev–Trinajstić information content (AvgIpc) is 2.55. The van der Waals surface area contributed by atoms with E-state index in [1.54, 1.807) is 31.3 Å². The molecule has 10 heteroatoms. The Balaban J connectivity index is 2.15. The smallest absolute Gasteiger partial charge is 0.197 e. The maximum atomic E-state index is 6.19. The van der Waals surface area contributed by atoms with E-state index in [1.807, 2.05) is 0 Å². The summed E-state index contributed by atoms with van der Waals surface area (Å²) in [7, 11) is 1.67. The van der Waals surface area contributed by atoms with E-state index in [2.05, 4.69) is 10.3 Å². The van der Waals surface area contributed by atoms with E-state index in [4.69, 9.17) is 75.3 Å². The molecule has 0 bridgehead atoms. The van der Waals surface area contributed by atoms with Gasteiger partial charge in [-0.1, -0.05) is 69.6 Å². The van der Waals surface area contributed by atoms with Crippen LogP contribution >= 0.6 is 69.6 Å². The van der Waals surface area contributed by atoms with Gasteiger partial charge in [-0.05, 0) is 24.3 Å². The van der Waals surface area contributed by atoms with Gasteiger partial charge in [-0.2, -0.15) is 0 Å². The van der Waals surface area contributed by atoms with Crippen molar-refractivity contribution in [3.05, 3.63) is 54.4 Å². The van der Waals surface area contributed by atoms with Crippen molar-refractivity contribution in [3.8, 4) is 0 Å². The number of nitrogens with two attached hydrogens (primary N) is 1. The lowest BCUT2D eigenvalue weighted by atomic mass is 10.3. The number of halogens is 6. The highest BCUT2D eigenvalue weighted by atomic mass is 35.5. The summed E-state index contributed by atoms with van der Waals surface area (Å²) in [6, 6.07) is 6.37. The van der Waals surface area contributed by atoms with E-state index in [1.165, 1.54) is 4.90 Å². The maximum absolute atomic E-state index is 6.19. The van der Waals surface area contributed by atoms with E-state index in [0.717, 1.165) is 0 Å². The monoisotopic (exact) mass is 458 g/mol. The molecule has 0 radical (unpaired) electrons. The largest absolute Gasteiger partial charge is 0.369 e. The second-order valence-electron chi connectivity index (χ2n) is 4.85. The van der Waals surface area contributed by atoms with Crippen molar-refractivity contribution >= 4 is 86.9 Å². The van der Waals surface area contributed by atoms with E-state index >= 15 is 0 Å². The fraction of sp³-hybridized carbons (Fsp3) is 0.133. The molecule has 2 aromatic carbocycles. The highest BCUT2D eigenvalue weighted by Crippen LogP contribution is 2.38. The Morgan fingerprint density at radius 3 is 2.24 bits per heavy atom. The van der Waals surface area contributed by atoms with Crippen LogP contribution in [0.5, 0.6) is 0 Å². The Morgan fingerprint density at radius 2 is 1.56 bits per heavy atom. The molecular formula is C15H12Cl6N4. The van der Waals surface area contributed by atoms with Gasteiger partial charge in [0.25, 0.3) is 0 Å². The molecule has 134 valence electrons. The minimum absolute atomic E-state index is 0.143. The molecule has 0 aliphatic rings. The molecule has 0 unspecified atom stereocenters. The first kappa shape index (κ1) is 20.6. The normalized spacial score (nSPS) is 11.6. The summed E-state index contributed by atoms with van der Waals surface area (Å²) in [5.74, 6) is 0.176. The van der Waals surface area contributed by atoms with Crippen molar-refractivity contribution in [1.82, 2.24) is 0 Å². The third-order valence-electron chi connectivity index (χ3n) is 3.22. The minimum atomic E-state index is 0.143. The lowest BCUT2D eigenvalue weighted by molar-refractivity contribution is 1.09. The second-order valence-corrected chi connectivity index (χ2v) is 7.26. The van der Waals surface area contributed by atoms with Crippen molar-refractivity contribution in [1.29, 1.82) is 0 Å². The summed E-state index contributed by atoms with van der Waals surface area (Å²) in [6.45, 7) is 0.143. The molecule has 0 saturated heterocycles. The highest BCUT2D eigenvalue weighted by molar-refractivity contribution is 6.46. The van der Waals surface area contributed by atoms with Crippen LogP contribution in [-0.4, -0.2) is 19.7 Å². The van der Waals surface area contributed by atoms with E-state index in [9.17, 15) is 0 Å². The first-order valence-corrected chi connectivity index (χ1v) is 9.04. The highest BCUT2D eigenvalue weighted by Gasteiger charge is 2.16. The van der Waals surface area contributed by atoms with Gasteiger partial charge in [-0.3, -0.25) is 0 Å². The first-order chi connectivity index (χ1) is 11.7. The standard InChI is InChI=1S/C15H12Cl6N4/c1-25(14-8(17)3-2-7(16)13(14)21)15(22)24-6-23-12-5-10(19)9(18)4-11(12)20/h2-5,23H,6H2,1H3,(H2,22,24). The van der Waals surface area contributed by atoms with E-state index < -0.39 is 0 Å². The quantitative estimate of drug-likeness (QED) is 0.314. The maximum Gasteiger partial charge on any atom is 0.197 e. The van der Waals surface area contributed by atoms with Crippen LogP contribution in [-0.2, 0) is 0 Å². The van der Waals surface area contributed by atoms with Crippen molar-refractivity contribution < 1.29 is 0 Å². The zero-order valence-corrected chi connectivity index (χ0v) is 17.3. The predicted octanol–water partition coefficient (Wildman–Crippen LogP) is 6.43. The van der Waals surface area contributed by atoms with Crippen LogP contribution in [0.3, 0.4) is 0 Å². The predicted molar refractivity (Wildman–Crippen MR) is 111 cm³/mol. The average molecular weight is 461 g/mol. The molecule has 0 atom stereocenters. The van der Waals surface area contributed by atoms with Gasteiger partial charge in [-0.15, -0.1) is 0 Å². The summed E-state index contributed by atoms with van der Waals surface area (Å²) >= 11 is 36.3. The Hall–Kier alpha value is -0.750. The SMILES string of the molecule is CN(C(N)=NCNc1cc(Cl)c(Cl)cc1Cl)c1c(Cl)ccc(Cl)c1Cl. The van der Waals surface area contributed by atoms with Crippen molar-refractivity contribution in [2.45, 2.75) is 0 Å². The van der Waals surface area contributed by atoms with Crippen molar-refractivity contribution in [2.75, 3.05) is 23.9 Å². The summed E-state index contributed by atoms with van der Waals surface area (Å²) < 4.78 is 0. The zero-order valence-electron chi connectivity index (χ0n) is 12.8. The Morgan fingerprint density at radius 1 is 0.960 bits per heavy atom. The lowest BCUT2D eigenvalue weighted by Crippen LogP contribution is -2.35. The number of guanidine groups is 1. The summed E-state index contributed by atoms with van der Waals surface area (Å²) in [5.41, 5.74) is 7.03. The fourth-order valence-corrected chi connectivity index (χ4v) is 3.30. The van der Waals surface area contributed by atoms with Gasteiger partial charge in [0.15, 0.2) is 5.96 Å². The molecule has 0 amide bonds. The van der Waals surface area contributed by atoms with Crippen LogP contribution in [0.4, 0.5) is 11.4 Å². The second kappa shape index (κ2) is 8.76. The molecule has 0 saturated carbocycles. The van der Waals surface area contributed by atoms with Crippen LogP contribution in [0.1, 0.15) is 0 Å². The number of nitrogens with one attached hydrogen (secondary N) is 1. The van der Waals surface area contributed by atoms with Gasteiger partial charge < -0.3 is 16.0 Å². The number of aliphatic imine (C=N–C) groups is 1. The molecule has 0 spiro atoms. The summed E-state index contributed by atoms with van der Waals surface area (Å²) in [4.78, 5) is 5.75. The molecule has 0 aromatic heterocycles. The zero-order chi connectivity index (χ0) is 18.7. The van der Waals surface area contributed by atoms with Gasteiger partial charge in [-0.25, -0.2) is 4.99 Å². The lowest BCUT2D eigenvalue weighted by Gasteiger charge is -2.21. The minimum Gasteiger partial charge on any atom is -0.369 e. The van der Waals surface area contributed by atoms with Crippen LogP contribution in [0, 0.1) is 0 Å². The summed E-state index contributed by atoms with van der Waals surface area (Å²) in [5, 5.41) is 5.20. The van der Waals surface area contributed by atoms with E-state index in [0.29, 0.717) is 36.5 Å². The van der Waals surface area contributed by atoms with Crippen LogP contribution in [0.2, 0.25) is 30.1 Å². The first-order valence-electron chi connectivity index (χ1n) is 6.78. The topological polar surface area (TPSA) is 53.6 Å². The van der Waals surface area contributed by atoms with Gasteiger partial charge in [0.1, 0.15) is 6.67 Å². The number of rotatable bonds is 4. The van der Waals surface area contributed by atoms with Crippen molar-refractivity contribution in [2.24, 2.45) is 10.7 Å². The molecule has 0 aliphatic heterocycles. The fourth-order valence-electron chi connectivity index (χ4n) is 1.91. The Bertz CT molecular complexity index is 824. The van der Waals surface area contributed by atoms with Gasteiger partial charge in [0.05, 0.1) is 41.5 Å². The number of nitrogens with zero attached hydrogens (tertiary/aromatic N) is 2. The molecule has 25 heavy (non-hydrogen) atoms. The van der Waals surface area contributed by atoms with Crippen LogP contribution in [0.25, 0.3) is 0 Å². The van der Waals surface area contributed by atoms with Crippen molar-refractivity contribution in [3.63, 3.8) is 0 Å². The van der Waals surface area contributed by atoms with Gasteiger partial charge >= 0.3 is 0 Å². The van der Waals surface area contributed by atoms with Gasteiger partial charge in [0.2, 0.25) is 0 Å². The number of anilines is 2. The number of benzene rings is 2. The van der Waals surface area contributed by atoms with E-state index in [-0.39, 0.29) is 17.7 Å². The molecule has 0 aliphatic carbocycles. The van der Waals surface area contributed by atoms with Crippen LogP contribution < -0.4 is 16.0 Å².